The Balaban J connectivity index is -0.000000363. The van der Waals surface area contributed by atoms with Gasteiger partial charge in [-0.25, -0.2) is 4.67 Å². The first-order valence-electron chi connectivity index (χ1n) is 10.3. The molecular weight excluding hydrogens is 443 g/mol. The van der Waals surface area contributed by atoms with Gasteiger partial charge in [-0.3, -0.25) is 0 Å². The highest BCUT2D eigenvalue weighted by molar-refractivity contribution is 7.44. The van der Waals surface area contributed by atoms with E-state index in [1.165, 1.54) is 0 Å². The summed E-state index contributed by atoms with van der Waals surface area (Å²) in [6.45, 7) is 9.56. The third-order valence-corrected chi connectivity index (χ3v) is 5.31. The van der Waals surface area contributed by atoms with Gasteiger partial charge in [-0.1, -0.05) is 0 Å². The van der Waals surface area contributed by atoms with Gasteiger partial charge in [0.2, 0.25) is 0 Å². The maximum atomic E-state index is 8.74. The van der Waals surface area contributed by atoms with Gasteiger partial charge in [0.1, 0.15) is 12.7 Å². The zero-order valence-electron chi connectivity index (χ0n) is 19.8. The molecule has 6 heteroatoms. The van der Waals surface area contributed by atoms with E-state index in [1.54, 1.807) is 0 Å². The molecular formula is C28H37N2O3P. The van der Waals surface area contributed by atoms with Crippen LogP contribution >= 0.6 is 8.53 Å². The van der Waals surface area contributed by atoms with E-state index in [2.05, 4.69) is 127 Å². The van der Waals surface area contributed by atoms with Gasteiger partial charge in [-0.2, -0.15) is 5.26 Å². The summed E-state index contributed by atoms with van der Waals surface area (Å²) in [5.41, 5.74) is 0. The molecule has 0 amide bonds. The third-order valence-electron chi connectivity index (χ3n) is 3.20. The number of rotatable bonds is 11. The predicted octanol–water partition coefficient (Wildman–Crippen LogP) is 4.78. The van der Waals surface area contributed by atoms with Crippen LogP contribution in [0.25, 0.3) is 0 Å². The zero-order chi connectivity index (χ0) is 25.3. The van der Waals surface area contributed by atoms with Crippen molar-refractivity contribution in [2.75, 3.05) is 19.8 Å². The van der Waals surface area contributed by atoms with Gasteiger partial charge < -0.3 is 13.8 Å². The molecule has 0 aromatic heterocycles. The van der Waals surface area contributed by atoms with Crippen molar-refractivity contribution in [3.8, 4) is 101 Å². The largest absolute Gasteiger partial charge is 0.446 e. The second-order valence-electron chi connectivity index (χ2n) is 6.45. The molecule has 0 radical (unpaired) electrons. The Morgan fingerprint density at radius 2 is 1.21 bits per heavy atom. The minimum atomic E-state index is -1.24. The second kappa shape index (κ2) is 22.3. The zero-order valence-corrected chi connectivity index (χ0v) is 20.7. The Kier molecular flexibility index (Phi) is 19.7. The average molecular weight is 481 g/mol. The molecule has 0 aliphatic carbocycles. The van der Waals surface area contributed by atoms with Crippen molar-refractivity contribution in [2.24, 2.45) is 0 Å². The second-order valence-corrected chi connectivity index (χ2v) is 7.91. The number of hydrogen-bond donors (Lipinski definition) is 0. The fourth-order valence-electron chi connectivity index (χ4n) is 2.08. The lowest BCUT2D eigenvalue weighted by molar-refractivity contribution is 0.163. The number of nitrogens with zero attached hydrogens (tertiary/aromatic N) is 2. The van der Waals surface area contributed by atoms with Gasteiger partial charge in [-0.05, 0) is 69.1 Å². The lowest BCUT2D eigenvalue weighted by Gasteiger charge is -2.35. The summed E-state index contributed by atoms with van der Waals surface area (Å²) in [5.74, 6) is 34.5. The first-order chi connectivity index (χ1) is 16.5. The quantitative estimate of drug-likeness (QED) is 0.242. The monoisotopic (exact) mass is 480 g/mol. The Hall–Kier alpha value is -3.92. The molecule has 0 N–H and O–H groups in total. The van der Waals surface area contributed by atoms with Crippen LogP contribution in [0.2, 0.25) is 0 Å². The van der Waals surface area contributed by atoms with Gasteiger partial charge in [0.25, 0.3) is 8.53 Å². The van der Waals surface area contributed by atoms with Crippen molar-refractivity contribution < 1.29 is 22.3 Å². The molecule has 0 aliphatic heterocycles. The molecule has 0 heterocycles. The number of ether oxygens (including phenoxy) is 1. The lowest BCUT2D eigenvalue weighted by Crippen LogP contribution is -2.33. The highest BCUT2D eigenvalue weighted by Crippen LogP contribution is 2.45. The summed E-state index contributed by atoms with van der Waals surface area (Å²) in [7, 11) is -1.24. The average Bonchev–Trinajstić information content (AvgIpc) is 2.80. The van der Waals surface area contributed by atoms with Gasteiger partial charge in [-0.15, -0.1) is 6.42 Å². The molecule has 0 spiro atoms. The Morgan fingerprint density at radius 3 is 1.68 bits per heavy atom. The number of nitriles is 1. The number of terminal acetylenes is 1. The van der Waals surface area contributed by atoms with E-state index in [0.717, 1.165) is 0 Å². The lowest BCUT2D eigenvalue weighted by atomic mass is 10.3. The smallest absolute Gasteiger partial charge is 0.259 e. The topological polar surface area (TPSA) is 54.7 Å². The summed E-state index contributed by atoms with van der Waals surface area (Å²) < 4.78 is 19.1. The highest BCUT2D eigenvalue weighted by atomic mass is 31.2. The predicted molar refractivity (Wildman–Crippen MR) is 148 cm³/mol. The molecule has 0 fully saturated rings. The van der Waals surface area contributed by atoms with E-state index >= 15 is 0 Å². The summed E-state index contributed by atoms with van der Waals surface area (Å²) >= 11 is 0. The van der Waals surface area contributed by atoms with Crippen molar-refractivity contribution in [3.05, 3.63) is 0 Å². The molecule has 0 saturated heterocycles. The van der Waals surface area contributed by atoms with Crippen molar-refractivity contribution in [1.82, 2.24) is 4.67 Å². The fraction of sp³-hybridized carbons (Fsp3) is 0.393. The van der Waals surface area contributed by atoms with Gasteiger partial charge in [0.05, 0.1) is 25.7 Å². The van der Waals surface area contributed by atoms with E-state index < -0.39 is 8.53 Å². The molecule has 0 aromatic carbocycles. The van der Waals surface area contributed by atoms with Crippen LogP contribution in [0.3, 0.4) is 0 Å². The molecule has 0 aliphatic rings. The maximum absolute atomic E-state index is 8.74. The van der Waals surface area contributed by atoms with E-state index in [9.17, 15) is 0 Å². The standard InChI is InChI=1S/C28H25N2O3P.6H2/c1-6-7-8-9-10-11-12-13-14-15-16-17-18-19-23-31-24-21-26-33-34(32-25-20-22-29)30(27(2)3)28(4)5;;;;;;/h1,27-28H,20-21,24-26H2,2-5H3;6*1H. The molecule has 0 bridgehead atoms. The molecule has 1 atom stereocenters. The minimum absolute atomic E-state index is 0. The normalized spacial score (nSPS) is 8.97. The van der Waals surface area contributed by atoms with Crippen LogP contribution in [0.5, 0.6) is 0 Å². The molecule has 0 aromatic rings. The van der Waals surface area contributed by atoms with E-state index in [4.69, 9.17) is 25.5 Å². The van der Waals surface area contributed by atoms with Crippen LogP contribution in [-0.4, -0.2) is 36.6 Å². The minimum Gasteiger partial charge on any atom is -0.446 e. The fourth-order valence-corrected chi connectivity index (χ4v) is 3.71. The van der Waals surface area contributed by atoms with Crippen LogP contribution in [0.15, 0.2) is 0 Å². The first kappa shape index (κ1) is 30.1. The van der Waals surface area contributed by atoms with E-state index in [0.29, 0.717) is 32.7 Å². The van der Waals surface area contributed by atoms with Gasteiger partial charge in [0, 0.05) is 68.5 Å². The van der Waals surface area contributed by atoms with Crippen molar-refractivity contribution in [3.63, 3.8) is 0 Å². The Labute approximate surface area is 215 Å². The molecule has 182 valence electrons. The SMILES string of the molecule is C#CC#CC#CC#CC#CC#CC#CC#COCCCOP(OCCC#N)N(C(C)C)C(C)C.[HH].[HH].[HH].[HH].[HH].[HH]. The summed E-state index contributed by atoms with van der Waals surface area (Å²) in [6, 6.07) is 2.60. The highest BCUT2D eigenvalue weighted by Gasteiger charge is 2.26. The first-order valence-corrected chi connectivity index (χ1v) is 11.5. The van der Waals surface area contributed by atoms with E-state index in [1.807, 2.05) is 0 Å². The number of hydrogen-bond acceptors (Lipinski definition) is 5. The van der Waals surface area contributed by atoms with Crippen LogP contribution in [0.4, 0.5) is 0 Å². The van der Waals surface area contributed by atoms with Crippen LogP contribution in [-0.2, 0) is 13.8 Å². The summed E-state index contributed by atoms with van der Waals surface area (Å²) in [4.78, 5) is 0. The molecule has 1 unspecified atom stereocenters. The maximum Gasteiger partial charge on any atom is 0.259 e. The molecule has 5 nitrogen and oxygen atoms in total. The van der Waals surface area contributed by atoms with Crippen molar-refractivity contribution >= 4 is 8.53 Å². The van der Waals surface area contributed by atoms with Crippen LogP contribution in [0.1, 0.15) is 49.1 Å². The van der Waals surface area contributed by atoms with Crippen molar-refractivity contribution in [2.45, 2.75) is 52.6 Å². The van der Waals surface area contributed by atoms with Crippen LogP contribution < -0.4 is 0 Å². The summed E-state index contributed by atoms with van der Waals surface area (Å²) in [5, 5.41) is 8.74. The van der Waals surface area contributed by atoms with Crippen molar-refractivity contribution in [1.29, 1.82) is 5.26 Å². The Bertz CT molecular complexity index is 1170. The summed E-state index contributed by atoms with van der Waals surface area (Å²) in [6.07, 6.45) is 8.41. The van der Waals surface area contributed by atoms with E-state index in [-0.39, 0.29) is 20.6 Å². The van der Waals surface area contributed by atoms with Gasteiger partial charge >= 0.3 is 0 Å². The molecule has 0 saturated carbocycles. The Morgan fingerprint density at radius 1 is 0.735 bits per heavy atom. The third kappa shape index (κ3) is 17.7. The van der Waals surface area contributed by atoms with Gasteiger partial charge in [0.15, 0.2) is 0 Å². The molecule has 0 rings (SSSR count). The molecule has 34 heavy (non-hydrogen) atoms. The van der Waals surface area contributed by atoms with Crippen LogP contribution in [0, 0.1) is 107 Å².